The van der Waals surface area contributed by atoms with Crippen molar-refractivity contribution >= 4 is 40.2 Å². The van der Waals surface area contributed by atoms with E-state index in [0.717, 1.165) is 34.7 Å². The lowest BCUT2D eigenvalue weighted by Gasteiger charge is -2.39. The van der Waals surface area contributed by atoms with Crippen LogP contribution in [-0.2, 0) is 11.3 Å². The standard InChI is InChI=1S/C29H30ClN3O/c1-19-7-6-8-20(2)33(19)18-21-11-14-24(15-12-21)31-28(22-9-4-3-5-10-22)27-25-16-13-23(30)17-26(25)32-29(27)34/h3-5,9-17,19-20,31H,6-8,18H2,1-2H3,(H,32,34). The fourth-order valence-corrected chi connectivity index (χ4v) is 5.28. The Morgan fingerprint density at radius 2 is 1.71 bits per heavy atom. The second kappa shape index (κ2) is 9.65. The molecular weight excluding hydrogens is 442 g/mol. The number of anilines is 2. The summed E-state index contributed by atoms with van der Waals surface area (Å²) in [6.07, 6.45) is 3.86. The number of benzene rings is 3. The molecule has 2 unspecified atom stereocenters. The van der Waals surface area contributed by atoms with Gasteiger partial charge in [0.15, 0.2) is 0 Å². The molecule has 4 nitrogen and oxygen atoms in total. The number of likely N-dealkylation sites (tertiary alicyclic amines) is 1. The molecule has 1 amide bonds. The molecule has 1 saturated heterocycles. The number of halogens is 1. The fraction of sp³-hybridized carbons (Fsp3) is 0.276. The normalized spacial score (nSPS) is 21.7. The smallest absolute Gasteiger partial charge is 0.258 e. The highest BCUT2D eigenvalue weighted by Gasteiger charge is 2.29. The number of piperidine rings is 1. The quantitative estimate of drug-likeness (QED) is 0.392. The predicted octanol–water partition coefficient (Wildman–Crippen LogP) is 7.04. The maximum absolute atomic E-state index is 13.0. The Morgan fingerprint density at radius 1 is 1.00 bits per heavy atom. The van der Waals surface area contributed by atoms with Crippen molar-refractivity contribution in [3.05, 3.63) is 94.5 Å². The van der Waals surface area contributed by atoms with Crippen LogP contribution >= 0.6 is 11.6 Å². The number of hydrogen-bond acceptors (Lipinski definition) is 3. The second-order valence-corrected chi connectivity index (χ2v) is 9.82. The van der Waals surface area contributed by atoms with Gasteiger partial charge in [-0.15, -0.1) is 0 Å². The van der Waals surface area contributed by atoms with Crippen LogP contribution in [0.5, 0.6) is 0 Å². The summed E-state index contributed by atoms with van der Waals surface area (Å²) in [6.45, 7) is 5.63. The molecule has 1 fully saturated rings. The van der Waals surface area contributed by atoms with Crippen molar-refractivity contribution in [1.82, 2.24) is 4.90 Å². The van der Waals surface area contributed by atoms with Crippen LogP contribution in [0.25, 0.3) is 11.3 Å². The molecule has 0 saturated carbocycles. The molecule has 0 radical (unpaired) electrons. The zero-order valence-corrected chi connectivity index (χ0v) is 20.4. The minimum atomic E-state index is -0.131. The van der Waals surface area contributed by atoms with Crippen molar-refractivity contribution in [2.45, 2.75) is 51.7 Å². The predicted molar refractivity (Wildman–Crippen MR) is 142 cm³/mol. The number of carbonyl (C=O) groups is 1. The summed E-state index contributed by atoms with van der Waals surface area (Å²) in [4.78, 5) is 15.6. The van der Waals surface area contributed by atoms with E-state index in [4.69, 9.17) is 11.6 Å². The minimum Gasteiger partial charge on any atom is -0.354 e. The molecule has 2 heterocycles. The number of fused-ring (bicyclic) bond motifs is 1. The number of nitrogens with zero attached hydrogens (tertiary/aromatic N) is 1. The molecule has 0 spiro atoms. The summed E-state index contributed by atoms with van der Waals surface area (Å²) >= 11 is 6.16. The molecule has 34 heavy (non-hydrogen) atoms. The molecule has 5 heteroatoms. The highest BCUT2D eigenvalue weighted by molar-refractivity contribution is 6.38. The van der Waals surface area contributed by atoms with E-state index in [9.17, 15) is 4.79 Å². The maximum Gasteiger partial charge on any atom is 0.258 e. The van der Waals surface area contributed by atoms with E-state index in [1.165, 1.54) is 24.8 Å². The van der Waals surface area contributed by atoms with E-state index >= 15 is 0 Å². The van der Waals surface area contributed by atoms with Crippen molar-refractivity contribution < 1.29 is 4.79 Å². The summed E-state index contributed by atoms with van der Waals surface area (Å²) in [5.74, 6) is -0.131. The van der Waals surface area contributed by atoms with Crippen LogP contribution in [0.15, 0.2) is 72.8 Å². The van der Waals surface area contributed by atoms with E-state index in [1.807, 2.05) is 42.5 Å². The van der Waals surface area contributed by atoms with Gasteiger partial charge >= 0.3 is 0 Å². The van der Waals surface area contributed by atoms with Gasteiger partial charge in [-0.3, -0.25) is 9.69 Å². The highest BCUT2D eigenvalue weighted by atomic mass is 35.5. The Morgan fingerprint density at radius 3 is 2.41 bits per heavy atom. The lowest BCUT2D eigenvalue weighted by Crippen LogP contribution is -2.42. The van der Waals surface area contributed by atoms with Gasteiger partial charge < -0.3 is 10.6 Å². The van der Waals surface area contributed by atoms with Crippen molar-refractivity contribution in [2.24, 2.45) is 0 Å². The van der Waals surface area contributed by atoms with Crippen LogP contribution in [-0.4, -0.2) is 22.9 Å². The third kappa shape index (κ3) is 4.61. The summed E-state index contributed by atoms with van der Waals surface area (Å²) < 4.78 is 0. The van der Waals surface area contributed by atoms with Gasteiger partial charge in [0.25, 0.3) is 5.91 Å². The Bertz CT molecular complexity index is 1210. The number of hydrogen-bond donors (Lipinski definition) is 2. The van der Waals surface area contributed by atoms with Crippen LogP contribution in [0, 0.1) is 0 Å². The van der Waals surface area contributed by atoms with Gasteiger partial charge in [-0.05, 0) is 62.1 Å². The monoisotopic (exact) mass is 471 g/mol. The van der Waals surface area contributed by atoms with Gasteiger partial charge in [-0.25, -0.2) is 0 Å². The molecule has 3 aromatic rings. The van der Waals surface area contributed by atoms with E-state index in [0.29, 0.717) is 22.7 Å². The van der Waals surface area contributed by atoms with E-state index in [2.05, 4.69) is 53.6 Å². The second-order valence-electron chi connectivity index (χ2n) is 9.38. The van der Waals surface area contributed by atoms with Crippen molar-refractivity contribution in [2.75, 3.05) is 10.6 Å². The van der Waals surface area contributed by atoms with E-state index < -0.39 is 0 Å². The lowest BCUT2D eigenvalue weighted by atomic mass is 9.96. The first-order valence-electron chi connectivity index (χ1n) is 12.0. The minimum absolute atomic E-state index is 0.131. The van der Waals surface area contributed by atoms with Crippen molar-refractivity contribution in [3.8, 4) is 0 Å². The largest absolute Gasteiger partial charge is 0.354 e. The van der Waals surface area contributed by atoms with Crippen LogP contribution in [0.3, 0.4) is 0 Å². The first-order valence-corrected chi connectivity index (χ1v) is 12.4. The van der Waals surface area contributed by atoms with Gasteiger partial charge in [-0.2, -0.15) is 0 Å². The molecule has 0 bridgehead atoms. The molecule has 2 aliphatic rings. The number of rotatable bonds is 5. The third-order valence-electron chi connectivity index (χ3n) is 7.00. The molecule has 2 aliphatic heterocycles. The molecular formula is C29H30ClN3O. The molecule has 2 atom stereocenters. The van der Waals surface area contributed by atoms with Gasteiger partial charge in [-0.1, -0.05) is 66.6 Å². The van der Waals surface area contributed by atoms with Crippen molar-refractivity contribution in [3.63, 3.8) is 0 Å². The zero-order chi connectivity index (χ0) is 23.7. The Kier molecular flexibility index (Phi) is 6.44. The highest BCUT2D eigenvalue weighted by Crippen LogP contribution is 2.38. The molecule has 2 N–H and O–H groups in total. The fourth-order valence-electron chi connectivity index (χ4n) is 5.11. The Hall–Kier alpha value is -3.08. The van der Waals surface area contributed by atoms with Crippen LogP contribution < -0.4 is 10.6 Å². The number of nitrogens with one attached hydrogen (secondary N) is 2. The zero-order valence-electron chi connectivity index (χ0n) is 19.6. The first-order chi connectivity index (χ1) is 16.5. The average molecular weight is 472 g/mol. The Balaban J connectivity index is 1.46. The molecule has 0 aromatic heterocycles. The van der Waals surface area contributed by atoms with Gasteiger partial charge in [0.1, 0.15) is 0 Å². The summed E-state index contributed by atoms with van der Waals surface area (Å²) in [5, 5.41) is 7.10. The molecule has 3 aromatic carbocycles. The molecule has 5 rings (SSSR count). The van der Waals surface area contributed by atoms with Gasteiger partial charge in [0.2, 0.25) is 0 Å². The first kappa shape index (κ1) is 22.7. The SMILES string of the molecule is CC1CCCC(C)N1Cc1ccc(NC(=C2C(=O)Nc3cc(Cl)ccc32)c2ccccc2)cc1. The van der Waals surface area contributed by atoms with Gasteiger partial charge in [0, 0.05) is 34.9 Å². The number of amides is 1. The van der Waals surface area contributed by atoms with E-state index in [-0.39, 0.29) is 5.91 Å². The molecule has 0 aliphatic carbocycles. The third-order valence-corrected chi connectivity index (χ3v) is 7.24. The van der Waals surface area contributed by atoms with Crippen molar-refractivity contribution in [1.29, 1.82) is 0 Å². The number of carbonyl (C=O) groups excluding carboxylic acids is 1. The Labute approximate surface area is 206 Å². The topological polar surface area (TPSA) is 44.4 Å². The molecule has 174 valence electrons. The van der Waals surface area contributed by atoms with Crippen LogP contribution in [0.4, 0.5) is 11.4 Å². The summed E-state index contributed by atoms with van der Waals surface area (Å²) in [7, 11) is 0. The van der Waals surface area contributed by atoms with Gasteiger partial charge in [0.05, 0.1) is 17.0 Å². The average Bonchev–Trinajstić information content (AvgIpc) is 3.16. The summed E-state index contributed by atoms with van der Waals surface area (Å²) in [6, 6.07) is 25.3. The van der Waals surface area contributed by atoms with Crippen LogP contribution in [0.2, 0.25) is 5.02 Å². The van der Waals surface area contributed by atoms with Crippen LogP contribution in [0.1, 0.15) is 49.8 Å². The maximum atomic E-state index is 13.0. The lowest BCUT2D eigenvalue weighted by molar-refractivity contribution is -0.110. The van der Waals surface area contributed by atoms with E-state index in [1.54, 1.807) is 6.07 Å². The summed E-state index contributed by atoms with van der Waals surface area (Å²) in [5.41, 5.74) is 6.20.